The van der Waals surface area contributed by atoms with Gasteiger partial charge >= 0.3 is 0 Å². The molecule has 2 amide bonds. The second-order valence-corrected chi connectivity index (χ2v) is 6.02. The molecule has 1 aliphatic heterocycles. The van der Waals surface area contributed by atoms with Crippen LogP contribution in [0.15, 0.2) is 12.3 Å². The molecule has 1 aromatic rings. The number of amides is 2. The fourth-order valence-electron chi connectivity index (χ4n) is 2.66. The number of morpholine rings is 1. The van der Waals surface area contributed by atoms with Crippen LogP contribution in [0.1, 0.15) is 47.8 Å². The molecule has 1 unspecified atom stereocenters. The van der Waals surface area contributed by atoms with E-state index in [0.29, 0.717) is 31.7 Å². The number of rotatable bonds is 6. The summed E-state index contributed by atoms with van der Waals surface area (Å²) in [7, 11) is 0. The number of carbonyl (C=O) groups excluding carboxylic acids is 2. The van der Waals surface area contributed by atoms with Crippen LogP contribution in [-0.2, 0) is 9.53 Å². The number of carbonyl (C=O) groups is 2. The topological polar surface area (TPSA) is 71.5 Å². The molecule has 1 saturated heterocycles. The highest BCUT2D eigenvalue weighted by Crippen LogP contribution is 2.21. The Morgan fingerprint density at radius 2 is 2.24 bits per heavy atom. The van der Waals surface area contributed by atoms with E-state index in [1.807, 2.05) is 6.92 Å². The molecule has 0 saturated carbocycles. The number of nitrogens with zero attached hydrogens (tertiary/aromatic N) is 2. The molecule has 1 N–H and O–H groups in total. The van der Waals surface area contributed by atoms with Crippen molar-refractivity contribution in [3.63, 3.8) is 0 Å². The van der Waals surface area contributed by atoms with Gasteiger partial charge in [0.2, 0.25) is 5.91 Å². The number of alkyl halides is 2. The molecule has 8 heteroatoms. The van der Waals surface area contributed by atoms with Gasteiger partial charge in [0, 0.05) is 37.8 Å². The van der Waals surface area contributed by atoms with Gasteiger partial charge in [-0.15, -0.1) is 0 Å². The third kappa shape index (κ3) is 5.19. The zero-order chi connectivity index (χ0) is 18.4. The van der Waals surface area contributed by atoms with Gasteiger partial charge in [0.05, 0.1) is 12.7 Å². The lowest BCUT2D eigenvalue weighted by atomic mass is 10.1. The Morgan fingerprint density at radius 1 is 1.48 bits per heavy atom. The van der Waals surface area contributed by atoms with E-state index in [1.54, 1.807) is 4.90 Å². The average Bonchev–Trinajstić information content (AvgIpc) is 2.59. The summed E-state index contributed by atoms with van der Waals surface area (Å²) in [4.78, 5) is 29.6. The van der Waals surface area contributed by atoms with Crippen LogP contribution < -0.4 is 5.32 Å². The van der Waals surface area contributed by atoms with Gasteiger partial charge in [0.25, 0.3) is 12.3 Å². The smallest absolute Gasteiger partial charge is 0.269 e. The molecule has 2 heterocycles. The van der Waals surface area contributed by atoms with Crippen LogP contribution >= 0.6 is 0 Å². The molecule has 138 valence electrons. The highest BCUT2D eigenvalue weighted by atomic mass is 19.3. The molecule has 0 spiro atoms. The Balaban J connectivity index is 1.89. The first-order chi connectivity index (χ1) is 11.9. The van der Waals surface area contributed by atoms with Crippen molar-refractivity contribution in [1.29, 1.82) is 0 Å². The summed E-state index contributed by atoms with van der Waals surface area (Å²) >= 11 is 0. The predicted octanol–water partition coefficient (Wildman–Crippen LogP) is 2.08. The van der Waals surface area contributed by atoms with Crippen LogP contribution in [0.25, 0.3) is 0 Å². The lowest BCUT2D eigenvalue weighted by Crippen LogP contribution is -2.49. The van der Waals surface area contributed by atoms with Gasteiger partial charge in [0.15, 0.2) is 0 Å². The molecule has 0 aliphatic carbocycles. The summed E-state index contributed by atoms with van der Waals surface area (Å²) in [5, 5.41) is 2.68. The first-order valence-electron chi connectivity index (χ1n) is 8.34. The van der Waals surface area contributed by atoms with E-state index < -0.39 is 12.3 Å². The van der Waals surface area contributed by atoms with Gasteiger partial charge < -0.3 is 15.0 Å². The van der Waals surface area contributed by atoms with Crippen LogP contribution in [0.2, 0.25) is 0 Å². The molecule has 25 heavy (non-hydrogen) atoms. The van der Waals surface area contributed by atoms with E-state index in [4.69, 9.17) is 4.74 Å². The highest BCUT2D eigenvalue weighted by molar-refractivity contribution is 5.92. The van der Waals surface area contributed by atoms with E-state index >= 15 is 0 Å². The van der Waals surface area contributed by atoms with Gasteiger partial charge in [-0.25, -0.2) is 8.78 Å². The maximum absolute atomic E-state index is 12.7. The third-order valence-corrected chi connectivity index (χ3v) is 4.06. The fourth-order valence-corrected chi connectivity index (χ4v) is 2.66. The standard InChI is InChI=1S/C17H23F2N3O3/c1-3-4-15(23)22-5-6-25-12(10-22)8-21-17(24)14-7-11(2)13(9-20-14)16(18)19/h7,9,12,16H,3-6,8,10H2,1-2H3,(H,21,24). The fraction of sp³-hybridized carbons (Fsp3) is 0.588. The number of halogens is 2. The SMILES string of the molecule is CCCC(=O)N1CCOC(CNC(=O)c2cc(C)c(C(F)F)cn2)C1. The van der Waals surface area contributed by atoms with E-state index in [9.17, 15) is 18.4 Å². The number of nitrogens with one attached hydrogen (secondary N) is 1. The Morgan fingerprint density at radius 3 is 2.88 bits per heavy atom. The second kappa shape index (κ2) is 8.84. The molecule has 1 aliphatic rings. The number of aryl methyl sites for hydroxylation is 1. The largest absolute Gasteiger partial charge is 0.373 e. The summed E-state index contributed by atoms with van der Waals surface area (Å²) in [6.07, 6.45) is -0.598. The number of hydrogen-bond acceptors (Lipinski definition) is 4. The van der Waals surface area contributed by atoms with Crippen LogP contribution in [0.3, 0.4) is 0 Å². The summed E-state index contributed by atoms with van der Waals surface area (Å²) < 4.78 is 31.0. The maximum Gasteiger partial charge on any atom is 0.269 e. The molecule has 0 bridgehead atoms. The van der Waals surface area contributed by atoms with Gasteiger partial charge in [-0.2, -0.15) is 0 Å². The third-order valence-electron chi connectivity index (χ3n) is 4.06. The summed E-state index contributed by atoms with van der Waals surface area (Å²) in [6.45, 7) is 5.10. The van der Waals surface area contributed by atoms with Gasteiger partial charge in [-0.05, 0) is 25.0 Å². The Bertz CT molecular complexity index is 625. The van der Waals surface area contributed by atoms with E-state index in [0.717, 1.165) is 12.6 Å². The monoisotopic (exact) mass is 355 g/mol. The van der Waals surface area contributed by atoms with Crippen molar-refractivity contribution in [2.75, 3.05) is 26.2 Å². The van der Waals surface area contributed by atoms with Gasteiger partial charge in [-0.1, -0.05) is 6.92 Å². The minimum absolute atomic E-state index is 0.0802. The molecule has 2 rings (SSSR count). The average molecular weight is 355 g/mol. The van der Waals surface area contributed by atoms with Crippen LogP contribution in [0.4, 0.5) is 8.78 Å². The number of hydrogen-bond donors (Lipinski definition) is 1. The molecule has 0 radical (unpaired) electrons. The number of pyridine rings is 1. The van der Waals surface area contributed by atoms with Crippen LogP contribution in [0, 0.1) is 6.92 Å². The molecule has 1 fully saturated rings. The van der Waals surface area contributed by atoms with Crippen molar-refractivity contribution in [2.45, 2.75) is 39.2 Å². The quantitative estimate of drug-likeness (QED) is 0.848. The Kier molecular flexibility index (Phi) is 6.81. The second-order valence-electron chi connectivity index (χ2n) is 6.02. The number of aromatic nitrogens is 1. The number of ether oxygens (including phenoxy) is 1. The molecule has 1 aromatic heterocycles. The van der Waals surface area contributed by atoms with Crippen LogP contribution in [-0.4, -0.2) is 54.0 Å². The molecular formula is C17H23F2N3O3. The van der Waals surface area contributed by atoms with Crippen molar-refractivity contribution in [3.8, 4) is 0 Å². The normalized spacial score (nSPS) is 17.6. The first-order valence-corrected chi connectivity index (χ1v) is 8.34. The van der Waals surface area contributed by atoms with Gasteiger partial charge in [0.1, 0.15) is 5.69 Å². The van der Waals surface area contributed by atoms with Crippen molar-refractivity contribution in [1.82, 2.24) is 15.2 Å². The van der Waals surface area contributed by atoms with E-state index in [2.05, 4.69) is 10.3 Å². The molecule has 1 atom stereocenters. The summed E-state index contributed by atoms with van der Waals surface area (Å²) in [5.41, 5.74) is 0.217. The minimum atomic E-state index is -2.62. The van der Waals surface area contributed by atoms with Crippen molar-refractivity contribution >= 4 is 11.8 Å². The van der Waals surface area contributed by atoms with Crippen molar-refractivity contribution < 1.29 is 23.1 Å². The summed E-state index contributed by atoms with van der Waals surface area (Å²) in [6, 6.07) is 1.34. The lowest BCUT2D eigenvalue weighted by Gasteiger charge is -2.33. The molecule has 6 nitrogen and oxygen atoms in total. The van der Waals surface area contributed by atoms with E-state index in [-0.39, 0.29) is 29.8 Å². The summed E-state index contributed by atoms with van der Waals surface area (Å²) in [5.74, 6) is -0.369. The predicted molar refractivity (Wildman–Crippen MR) is 87.5 cm³/mol. The van der Waals surface area contributed by atoms with Gasteiger partial charge in [-0.3, -0.25) is 14.6 Å². The maximum atomic E-state index is 12.7. The zero-order valence-electron chi connectivity index (χ0n) is 14.4. The highest BCUT2D eigenvalue weighted by Gasteiger charge is 2.24. The minimum Gasteiger partial charge on any atom is -0.373 e. The van der Waals surface area contributed by atoms with Crippen LogP contribution in [0.5, 0.6) is 0 Å². The lowest BCUT2D eigenvalue weighted by molar-refractivity contribution is -0.138. The molecular weight excluding hydrogens is 332 g/mol. The zero-order valence-corrected chi connectivity index (χ0v) is 14.4. The first kappa shape index (κ1) is 19.2. The molecule has 0 aromatic carbocycles. The van der Waals surface area contributed by atoms with Crippen molar-refractivity contribution in [3.05, 3.63) is 29.1 Å². The van der Waals surface area contributed by atoms with E-state index in [1.165, 1.54) is 13.0 Å². The Labute approximate surface area is 145 Å². The Hall–Kier alpha value is -2.09. The van der Waals surface area contributed by atoms with Crippen molar-refractivity contribution in [2.24, 2.45) is 0 Å².